The van der Waals surface area contributed by atoms with Crippen LogP contribution in [0.15, 0.2) is 79.6 Å². The highest BCUT2D eigenvalue weighted by Crippen LogP contribution is 2.24. The Bertz CT molecular complexity index is 821. The fraction of sp³-hybridized carbons (Fsp3) is 0.250. The molecule has 1 heterocycles. The summed E-state index contributed by atoms with van der Waals surface area (Å²) in [5.41, 5.74) is 5.27. The van der Waals surface area contributed by atoms with Gasteiger partial charge in [0.05, 0.1) is 7.11 Å². The van der Waals surface area contributed by atoms with E-state index in [1.54, 1.807) is 13.2 Å². The molecule has 3 heteroatoms. The van der Waals surface area contributed by atoms with Gasteiger partial charge >= 0.3 is 0 Å². The van der Waals surface area contributed by atoms with E-state index in [4.69, 9.17) is 9.47 Å². The molecule has 3 nitrogen and oxygen atoms in total. The van der Waals surface area contributed by atoms with Crippen molar-refractivity contribution < 1.29 is 9.47 Å². The van der Waals surface area contributed by atoms with Crippen LogP contribution >= 0.6 is 0 Å². The van der Waals surface area contributed by atoms with E-state index < -0.39 is 0 Å². The minimum atomic E-state index is 0.527. The molecule has 0 saturated carbocycles. The summed E-state index contributed by atoms with van der Waals surface area (Å²) < 4.78 is 11.0. The monoisotopic (exact) mass is 361 g/mol. The van der Waals surface area contributed by atoms with Crippen molar-refractivity contribution in [1.29, 1.82) is 0 Å². The van der Waals surface area contributed by atoms with Gasteiger partial charge in [0.25, 0.3) is 0 Å². The Kier molecular flexibility index (Phi) is 6.50. The van der Waals surface area contributed by atoms with Gasteiger partial charge in [-0.05, 0) is 46.9 Å². The number of methoxy groups -OCH3 is 1. The summed E-state index contributed by atoms with van der Waals surface area (Å²) in [5, 5.41) is 0. The Morgan fingerprint density at radius 1 is 1.11 bits per heavy atom. The topological polar surface area (TPSA) is 21.7 Å². The van der Waals surface area contributed by atoms with Crippen LogP contribution in [0.3, 0.4) is 0 Å². The molecule has 1 aliphatic heterocycles. The molecule has 0 bridgehead atoms. The first-order valence-electron chi connectivity index (χ1n) is 9.24. The minimum Gasteiger partial charge on any atom is -0.497 e. The maximum absolute atomic E-state index is 5.63. The standard InChI is InChI=1S/C24H27NO2/c1-4-5-6-19(2)27-18-21-9-7-20(8-10-21)16-25-14-13-22-15-24(26-3)12-11-23(22)17-25/h4-12,15H,1-2,13-14,16-18H2,3H3. The van der Waals surface area contributed by atoms with Gasteiger partial charge in [0.15, 0.2) is 0 Å². The molecule has 3 rings (SSSR count). The highest BCUT2D eigenvalue weighted by molar-refractivity contribution is 5.37. The van der Waals surface area contributed by atoms with Crippen molar-refractivity contribution in [2.45, 2.75) is 26.1 Å². The lowest BCUT2D eigenvalue weighted by atomic mass is 9.99. The van der Waals surface area contributed by atoms with Crippen molar-refractivity contribution in [3.8, 4) is 5.75 Å². The van der Waals surface area contributed by atoms with Crippen LogP contribution in [0.5, 0.6) is 5.75 Å². The van der Waals surface area contributed by atoms with Gasteiger partial charge in [0.1, 0.15) is 18.1 Å². The molecule has 2 aromatic carbocycles. The Hall–Kier alpha value is -2.78. The number of nitrogens with zero attached hydrogens (tertiary/aromatic N) is 1. The molecule has 0 fully saturated rings. The SMILES string of the molecule is C=CC=CC(=C)OCc1ccc(CN2CCc3cc(OC)ccc3C2)cc1. The molecule has 0 radical (unpaired) electrons. The van der Waals surface area contributed by atoms with E-state index in [9.17, 15) is 0 Å². The normalized spacial score (nSPS) is 14.0. The number of ether oxygens (including phenoxy) is 2. The quantitative estimate of drug-likeness (QED) is 0.486. The molecule has 1 aliphatic rings. The fourth-order valence-electron chi connectivity index (χ4n) is 3.25. The summed E-state index contributed by atoms with van der Waals surface area (Å²) in [4.78, 5) is 2.49. The van der Waals surface area contributed by atoms with Crippen molar-refractivity contribution in [2.24, 2.45) is 0 Å². The highest BCUT2D eigenvalue weighted by Gasteiger charge is 2.16. The van der Waals surface area contributed by atoms with Gasteiger partial charge < -0.3 is 9.47 Å². The number of hydrogen-bond acceptors (Lipinski definition) is 3. The second-order valence-electron chi connectivity index (χ2n) is 6.76. The summed E-state index contributed by atoms with van der Waals surface area (Å²) in [5.74, 6) is 1.59. The Morgan fingerprint density at radius 2 is 1.89 bits per heavy atom. The van der Waals surface area contributed by atoms with Crippen molar-refractivity contribution >= 4 is 0 Å². The van der Waals surface area contributed by atoms with Gasteiger partial charge in [-0.15, -0.1) is 0 Å². The first-order chi connectivity index (χ1) is 13.2. The van der Waals surface area contributed by atoms with E-state index in [0.29, 0.717) is 12.4 Å². The molecule has 0 aromatic heterocycles. The molecule has 27 heavy (non-hydrogen) atoms. The fourth-order valence-corrected chi connectivity index (χ4v) is 3.25. The maximum atomic E-state index is 5.63. The molecular formula is C24H27NO2. The summed E-state index contributed by atoms with van der Waals surface area (Å²) >= 11 is 0. The van der Waals surface area contributed by atoms with Crippen molar-refractivity contribution in [3.05, 3.63) is 102 Å². The average molecular weight is 361 g/mol. The second-order valence-corrected chi connectivity index (χ2v) is 6.76. The molecule has 0 N–H and O–H groups in total. The predicted molar refractivity (Wildman–Crippen MR) is 111 cm³/mol. The van der Waals surface area contributed by atoms with E-state index in [0.717, 1.165) is 37.4 Å². The van der Waals surface area contributed by atoms with Crippen molar-refractivity contribution in [1.82, 2.24) is 4.90 Å². The molecule has 0 aliphatic carbocycles. The maximum Gasteiger partial charge on any atom is 0.119 e. The van der Waals surface area contributed by atoms with Crippen LogP contribution in [0.25, 0.3) is 0 Å². The number of rotatable bonds is 8. The Balaban J connectivity index is 1.53. The van der Waals surface area contributed by atoms with E-state index >= 15 is 0 Å². The minimum absolute atomic E-state index is 0.527. The summed E-state index contributed by atoms with van der Waals surface area (Å²) in [6, 6.07) is 15.0. The molecule has 2 aromatic rings. The van der Waals surface area contributed by atoms with Gasteiger partial charge in [-0.2, -0.15) is 0 Å². The van der Waals surface area contributed by atoms with E-state index in [1.165, 1.54) is 16.7 Å². The first kappa shape index (κ1) is 19.0. The predicted octanol–water partition coefficient (Wildman–Crippen LogP) is 5.03. The summed E-state index contributed by atoms with van der Waals surface area (Å²) in [6.45, 7) is 11.0. The zero-order chi connectivity index (χ0) is 19.1. The van der Waals surface area contributed by atoms with E-state index in [-0.39, 0.29) is 0 Å². The third-order valence-electron chi connectivity index (χ3n) is 4.78. The second kappa shape index (κ2) is 9.24. The van der Waals surface area contributed by atoms with Crippen molar-refractivity contribution in [3.63, 3.8) is 0 Å². The number of benzene rings is 2. The van der Waals surface area contributed by atoms with Gasteiger partial charge in [-0.1, -0.05) is 55.6 Å². The largest absolute Gasteiger partial charge is 0.497 e. The highest BCUT2D eigenvalue weighted by atomic mass is 16.5. The zero-order valence-electron chi connectivity index (χ0n) is 16.0. The van der Waals surface area contributed by atoms with Gasteiger partial charge in [0.2, 0.25) is 0 Å². The van der Waals surface area contributed by atoms with Crippen LogP contribution in [0, 0.1) is 0 Å². The Morgan fingerprint density at radius 3 is 2.63 bits per heavy atom. The van der Waals surface area contributed by atoms with Crippen LogP contribution in [0.4, 0.5) is 0 Å². The average Bonchev–Trinajstić information content (AvgIpc) is 2.71. The van der Waals surface area contributed by atoms with Crippen LogP contribution in [0.2, 0.25) is 0 Å². The lowest BCUT2D eigenvalue weighted by molar-refractivity contribution is 0.212. The third kappa shape index (κ3) is 5.35. The molecular weight excluding hydrogens is 334 g/mol. The zero-order valence-corrected chi connectivity index (χ0v) is 16.0. The molecule has 0 spiro atoms. The van der Waals surface area contributed by atoms with Crippen molar-refractivity contribution in [2.75, 3.05) is 13.7 Å². The molecule has 0 unspecified atom stereocenters. The first-order valence-corrected chi connectivity index (χ1v) is 9.24. The third-order valence-corrected chi connectivity index (χ3v) is 4.78. The Labute approximate surface area is 162 Å². The van der Waals surface area contributed by atoms with Gasteiger partial charge in [-0.3, -0.25) is 4.90 Å². The summed E-state index contributed by atoms with van der Waals surface area (Å²) in [6.07, 6.45) is 6.40. The van der Waals surface area contributed by atoms with Crippen LogP contribution < -0.4 is 4.74 Å². The van der Waals surface area contributed by atoms with Gasteiger partial charge in [0, 0.05) is 19.6 Å². The van der Waals surface area contributed by atoms with Crippen LogP contribution in [-0.2, 0) is 30.9 Å². The lowest BCUT2D eigenvalue weighted by Gasteiger charge is -2.29. The number of hydrogen-bond donors (Lipinski definition) is 0. The smallest absolute Gasteiger partial charge is 0.119 e. The van der Waals surface area contributed by atoms with Crippen LogP contribution in [-0.4, -0.2) is 18.6 Å². The lowest BCUT2D eigenvalue weighted by Crippen LogP contribution is -2.30. The number of allylic oxidation sites excluding steroid dienone is 3. The van der Waals surface area contributed by atoms with Gasteiger partial charge in [-0.25, -0.2) is 0 Å². The van der Waals surface area contributed by atoms with Crippen LogP contribution in [0.1, 0.15) is 22.3 Å². The van der Waals surface area contributed by atoms with E-state index in [2.05, 4.69) is 60.5 Å². The molecule has 0 atom stereocenters. The molecule has 0 saturated heterocycles. The molecule has 140 valence electrons. The van der Waals surface area contributed by atoms with E-state index in [1.807, 2.05) is 12.2 Å². The summed E-state index contributed by atoms with van der Waals surface area (Å²) in [7, 11) is 1.72. The number of fused-ring (bicyclic) bond motifs is 1. The molecule has 0 amide bonds.